The highest BCUT2D eigenvalue weighted by Gasteiger charge is 2.18. The lowest BCUT2D eigenvalue weighted by atomic mass is 10.2. The van der Waals surface area contributed by atoms with Gasteiger partial charge >= 0.3 is 0 Å². The average Bonchev–Trinajstić information content (AvgIpc) is 3.07. The van der Waals surface area contributed by atoms with Gasteiger partial charge in [0.2, 0.25) is 0 Å². The van der Waals surface area contributed by atoms with Crippen molar-refractivity contribution in [2.24, 2.45) is 0 Å². The molecule has 142 valence electrons. The number of aromatic nitrogens is 1. The van der Waals surface area contributed by atoms with E-state index in [4.69, 9.17) is 11.6 Å². The summed E-state index contributed by atoms with van der Waals surface area (Å²) >= 11 is 7.81. The summed E-state index contributed by atoms with van der Waals surface area (Å²) in [5.41, 5.74) is 1.71. The van der Waals surface area contributed by atoms with Gasteiger partial charge in [-0.25, -0.2) is 22.2 Å². The predicted molar refractivity (Wildman–Crippen MR) is 107 cm³/mol. The molecule has 3 aromatic carbocycles. The average molecular weight is 437 g/mol. The fourth-order valence-electron chi connectivity index (χ4n) is 2.60. The van der Waals surface area contributed by atoms with E-state index in [0.717, 1.165) is 22.3 Å². The Hall–Kier alpha value is -2.55. The predicted octanol–water partition coefficient (Wildman–Crippen LogP) is 5.70. The number of hydrogen-bond acceptors (Lipinski definition) is 4. The molecule has 4 nitrogen and oxygen atoms in total. The Morgan fingerprint density at radius 3 is 2.46 bits per heavy atom. The van der Waals surface area contributed by atoms with Crippen LogP contribution in [0.5, 0.6) is 0 Å². The second-order valence-electron chi connectivity index (χ2n) is 5.86. The highest BCUT2D eigenvalue weighted by Crippen LogP contribution is 2.36. The Balaban J connectivity index is 1.65. The molecule has 4 aromatic rings. The van der Waals surface area contributed by atoms with Crippen molar-refractivity contribution >= 4 is 48.9 Å². The number of thiazole rings is 1. The van der Waals surface area contributed by atoms with Crippen LogP contribution in [0.1, 0.15) is 0 Å². The number of nitrogens with one attached hydrogen (secondary N) is 1. The number of hydrogen-bond donors (Lipinski definition) is 1. The van der Waals surface area contributed by atoms with Crippen LogP contribution >= 0.6 is 22.9 Å². The fraction of sp³-hybridized carbons (Fsp3) is 0. The number of halogens is 3. The summed E-state index contributed by atoms with van der Waals surface area (Å²) in [7, 11) is -4.10. The van der Waals surface area contributed by atoms with Gasteiger partial charge in [0.05, 0.1) is 25.8 Å². The standard InChI is InChI=1S/C19H11ClF2N2O2S2/c20-14-9-11(24-28(25,26)12-6-8-15(21)16(22)10-12)5-7-13(14)19-23-17-3-1-2-4-18(17)27-19/h1-10,24H. The van der Waals surface area contributed by atoms with Crippen molar-refractivity contribution in [1.29, 1.82) is 0 Å². The van der Waals surface area contributed by atoms with E-state index in [0.29, 0.717) is 21.7 Å². The fourth-order valence-corrected chi connectivity index (χ4v) is 4.99. The van der Waals surface area contributed by atoms with Gasteiger partial charge in [-0.1, -0.05) is 23.7 Å². The van der Waals surface area contributed by atoms with Crippen LogP contribution in [0.25, 0.3) is 20.8 Å². The molecule has 0 spiro atoms. The van der Waals surface area contributed by atoms with Crippen molar-refractivity contribution in [3.63, 3.8) is 0 Å². The van der Waals surface area contributed by atoms with Crippen molar-refractivity contribution in [3.05, 3.63) is 77.3 Å². The van der Waals surface area contributed by atoms with Crippen molar-refractivity contribution in [3.8, 4) is 10.6 Å². The van der Waals surface area contributed by atoms with Gasteiger partial charge < -0.3 is 0 Å². The number of fused-ring (bicyclic) bond motifs is 1. The van der Waals surface area contributed by atoms with E-state index in [1.54, 1.807) is 6.07 Å². The molecule has 1 N–H and O–H groups in total. The minimum absolute atomic E-state index is 0.194. The molecule has 0 amide bonds. The van der Waals surface area contributed by atoms with Gasteiger partial charge in [0, 0.05) is 5.56 Å². The molecule has 0 saturated carbocycles. The van der Waals surface area contributed by atoms with Crippen LogP contribution in [-0.4, -0.2) is 13.4 Å². The molecule has 0 radical (unpaired) electrons. The molecular weight excluding hydrogens is 426 g/mol. The van der Waals surface area contributed by atoms with Crippen LogP contribution in [0, 0.1) is 11.6 Å². The van der Waals surface area contributed by atoms with Crippen molar-refractivity contribution in [2.75, 3.05) is 4.72 Å². The molecule has 0 saturated heterocycles. The van der Waals surface area contributed by atoms with Crippen LogP contribution in [-0.2, 0) is 10.0 Å². The van der Waals surface area contributed by atoms with Gasteiger partial charge in [-0.2, -0.15) is 0 Å². The number of nitrogens with zero attached hydrogens (tertiary/aromatic N) is 1. The zero-order chi connectivity index (χ0) is 19.9. The lowest BCUT2D eigenvalue weighted by Crippen LogP contribution is -2.13. The zero-order valence-electron chi connectivity index (χ0n) is 14.0. The third-order valence-electron chi connectivity index (χ3n) is 3.95. The molecular formula is C19H11ClF2N2O2S2. The lowest BCUT2D eigenvalue weighted by molar-refractivity contribution is 0.504. The number of benzene rings is 3. The van der Waals surface area contributed by atoms with Crippen LogP contribution in [0.4, 0.5) is 14.5 Å². The maximum atomic E-state index is 13.3. The Bertz CT molecular complexity index is 1270. The van der Waals surface area contributed by atoms with Crippen LogP contribution < -0.4 is 4.72 Å². The summed E-state index contributed by atoms with van der Waals surface area (Å²) in [6.45, 7) is 0. The highest BCUT2D eigenvalue weighted by molar-refractivity contribution is 7.92. The molecule has 1 aromatic heterocycles. The molecule has 0 aliphatic heterocycles. The van der Waals surface area contributed by atoms with E-state index < -0.39 is 26.6 Å². The van der Waals surface area contributed by atoms with Gasteiger partial charge in [-0.3, -0.25) is 4.72 Å². The molecule has 9 heteroatoms. The van der Waals surface area contributed by atoms with Crippen molar-refractivity contribution < 1.29 is 17.2 Å². The zero-order valence-corrected chi connectivity index (χ0v) is 16.4. The largest absolute Gasteiger partial charge is 0.280 e. The Labute approximate surface area is 168 Å². The number of rotatable bonds is 4. The minimum atomic E-state index is -4.10. The van der Waals surface area contributed by atoms with Crippen LogP contribution in [0.2, 0.25) is 5.02 Å². The second kappa shape index (κ2) is 7.12. The quantitative estimate of drug-likeness (QED) is 0.446. The summed E-state index contributed by atoms with van der Waals surface area (Å²) in [5, 5.41) is 1.02. The molecule has 4 rings (SSSR count). The van der Waals surface area contributed by atoms with Gasteiger partial charge in [-0.05, 0) is 48.5 Å². The first-order chi connectivity index (χ1) is 13.3. The first-order valence-corrected chi connectivity index (χ1v) is 10.6. The molecule has 0 atom stereocenters. The van der Waals surface area contributed by atoms with Gasteiger partial charge in [0.25, 0.3) is 10.0 Å². The maximum Gasteiger partial charge on any atom is 0.261 e. The third-order valence-corrected chi connectivity index (χ3v) is 6.71. The monoisotopic (exact) mass is 436 g/mol. The maximum absolute atomic E-state index is 13.3. The smallest absolute Gasteiger partial charge is 0.261 e. The molecule has 0 unspecified atom stereocenters. The summed E-state index contributed by atoms with van der Waals surface area (Å²) in [4.78, 5) is 4.14. The molecule has 28 heavy (non-hydrogen) atoms. The number of para-hydroxylation sites is 1. The summed E-state index contributed by atoms with van der Waals surface area (Å²) in [6, 6.07) is 14.7. The van der Waals surface area contributed by atoms with E-state index >= 15 is 0 Å². The molecule has 0 fully saturated rings. The first-order valence-electron chi connectivity index (χ1n) is 7.97. The minimum Gasteiger partial charge on any atom is -0.280 e. The third kappa shape index (κ3) is 3.58. The molecule has 0 aliphatic rings. The Morgan fingerprint density at radius 1 is 0.964 bits per heavy atom. The highest BCUT2D eigenvalue weighted by atomic mass is 35.5. The Morgan fingerprint density at radius 2 is 1.75 bits per heavy atom. The second-order valence-corrected chi connectivity index (χ2v) is 8.98. The van der Waals surface area contributed by atoms with E-state index in [2.05, 4.69) is 9.71 Å². The van der Waals surface area contributed by atoms with E-state index in [-0.39, 0.29) is 5.69 Å². The van der Waals surface area contributed by atoms with E-state index in [1.807, 2.05) is 24.3 Å². The van der Waals surface area contributed by atoms with Gasteiger partial charge in [-0.15, -0.1) is 11.3 Å². The van der Waals surface area contributed by atoms with E-state index in [9.17, 15) is 17.2 Å². The molecule has 0 aliphatic carbocycles. The molecule has 1 heterocycles. The summed E-state index contributed by atoms with van der Waals surface area (Å²) in [5.74, 6) is -2.37. The normalized spacial score (nSPS) is 11.7. The summed E-state index contributed by atoms with van der Waals surface area (Å²) in [6.07, 6.45) is 0. The molecule has 0 bridgehead atoms. The lowest BCUT2D eigenvalue weighted by Gasteiger charge is -2.10. The topological polar surface area (TPSA) is 59.1 Å². The number of sulfonamides is 1. The van der Waals surface area contributed by atoms with Gasteiger partial charge in [0.1, 0.15) is 5.01 Å². The van der Waals surface area contributed by atoms with E-state index in [1.165, 1.54) is 23.5 Å². The Kier molecular flexibility index (Phi) is 4.78. The number of anilines is 1. The van der Waals surface area contributed by atoms with Crippen molar-refractivity contribution in [1.82, 2.24) is 4.98 Å². The SMILES string of the molecule is O=S(=O)(Nc1ccc(-c2nc3ccccc3s2)c(Cl)c1)c1ccc(F)c(F)c1. The van der Waals surface area contributed by atoms with Crippen molar-refractivity contribution in [2.45, 2.75) is 4.90 Å². The van der Waals surface area contributed by atoms with Crippen LogP contribution in [0.3, 0.4) is 0 Å². The summed E-state index contributed by atoms with van der Waals surface area (Å²) < 4.78 is 54.5. The first kappa shape index (κ1) is 18.8. The van der Waals surface area contributed by atoms with Crippen LogP contribution in [0.15, 0.2) is 65.6 Å². The van der Waals surface area contributed by atoms with Gasteiger partial charge in [0.15, 0.2) is 11.6 Å².